The quantitative estimate of drug-likeness (QED) is 0.509. The number of aryl methyl sites for hydroxylation is 1. The lowest BCUT2D eigenvalue weighted by Gasteiger charge is -2.25. The largest absolute Gasteiger partial charge is 0.497 e. The zero-order valence-corrected chi connectivity index (χ0v) is 18.5. The number of ether oxygens (including phenoxy) is 1. The van der Waals surface area contributed by atoms with E-state index in [1.165, 1.54) is 4.90 Å². The van der Waals surface area contributed by atoms with Crippen LogP contribution in [0.15, 0.2) is 84.6 Å². The van der Waals surface area contributed by atoms with Gasteiger partial charge >= 0.3 is 0 Å². The first-order valence-electron chi connectivity index (χ1n) is 10.7. The van der Waals surface area contributed by atoms with E-state index < -0.39 is 0 Å². The van der Waals surface area contributed by atoms with Crippen molar-refractivity contribution in [1.82, 2.24) is 4.90 Å². The number of amides is 2. The number of hydrogen-bond acceptors (Lipinski definition) is 4. The van der Waals surface area contributed by atoms with E-state index in [1.807, 2.05) is 97.6 Å². The Morgan fingerprint density at radius 2 is 1.50 bits per heavy atom. The topological polar surface area (TPSA) is 49.9 Å². The third-order valence-corrected chi connectivity index (χ3v) is 5.64. The van der Waals surface area contributed by atoms with Crippen molar-refractivity contribution in [3.05, 3.63) is 101 Å². The number of nitrogens with zero attached hydrogens (tertiary/aromatic N) is 2. The van der Waals surface area contributed by atoms with Gasteiger partial charge in [-0.05, 0) is 49.2 Å². The predicted molar refractivity (Wildman–Crippen MR) is 126 cm³/mol. The minimum atomic E-state index is -0.285. The van der Waals surface area contributed by atoms with E-state index in [0.717, 1.165) is 28.1 Å². The number of rotatable bonds is 7. The summed E-state index contributed by atoms with van der Waals surface area (Å²) in [6, 6.07) is 24.8. The van der Waals surface area contributed by atoms with E-state index in [4.69, 9.17) is 4.74 Å². The summed E-state index contributed by atoms with van der Waals surface area (Å²) in [5, 5.41) is 0. The van der Waals surface area contributed by atoms with Gasteiger partial charge in [-0.1, -0.05) is 60.2 Å². The van der Waals surface area contributed by atoms with Crippen LogP contribution in [0.2, 0.25) is 0 Å². The van der Waals surface area contributed by atoms with Gasteiger partial charge in [0.2, 0.25) is 0 Å². The Bertz CT molecular complexity index is 1150. The van der Waals surface area contributed by atoms with E-state index in [2.05, 4.69) is 0 Å². The Morgan fingerprint density at radius 3 is 2.09 bits per heavy atom. The fourth-order valence-electron chi connectivity index (χ4n) is 3.93. The van der Waals surface area contributed by atoms with Crippen molar-refractivity contribution in [1.29, 1.82) is 0 Å². The SMILES string of the molecule is CCN(C1=C(c2ccc(C)cc2)C(=O)N(Cc2ccc(OC)cc2)C1=O)c1ccccc1. The zero-order chi connectivity index (χ0) is 22.7. The molecule has 0 aliphatic carbocycles. The Morgan fingerprint density at radius 1 is 0.844 bits per heavy atom. The van der Waals surface area contributed by atoms with E-state index in [0.29, 0.717) is 17.8 Å². The number of likely N-dealkylation sites (N-methyl/N-ethyl adjacent to an activating group) is 1. The van der Waals surface area contributed by atoms with Crippen LogP contribution in [0.25, 0.3) is 5.57 Å². The lowest BCUT2D eigenvalue weighted by Crippen LogP contribution is -2.34. The van der Waals surface area contributed by atoms with Gasteiger partial charge in [-0.3, -0.25) is 14.5 Å². The van der Waals surface area contributed by atoms with Gasteiger partial charge in [0.1, 0.15) is 11.4 Å². The summed E-state index contributed by atoms with van der Waals surface area (Å²) in [6.07, 6.45) is 0. The molecule has 0 saturated carbocycles. The number of hydrogen-bond donors (Lipinski definition) is 0. The molecule has 1 heterocycles. The fraction of sp³-hybridized carbons (Fsp3) is 0.185. The maximum Gasteiger partial charge on any atom is 0.278 e. The maximum absolute atomic E-state index is 13.6. The van der Waals surface area contributed by atoms with Crippen LogP contribution in [0.3, 0.4) is 0 Å². The van der Waals surface area contributed by atoms with Gasteiger partial charge in [-0.25, -0.2) is 0 Å². The highest BCUT2D eigenvalue weighted by molar-refractivity contribution is 6.36. The summed E-state index contributed by atoms with van der Waals surface area (Å²) in [6.45, 7) is 4.74. The summed E-state index contributed by atoms with van der Waals surface area (Å²) in [7, 11) is 1.61. The summed E-state index contributed by atoms with van der Waals surface area (Å²) in [5.74, 6) is 0.166. The molecule has 3 aromatic carbocycles. The first-order valence-corrected chi connectivity index (χ1v) is 10.7. The second-order valence-electron chi connectivity index (χ2n) is 7.71. The summed E-state index contributed by atoms with van der Waals surface area (Å²) in [5.41, 5.74) is 4.44. The highest BCUT2D eigenvalue weighted by atomic mass is 16.5. The van der Waals surface area contributed by atoms with Gasteiger partial charge in [0.25, 0.3) is 11.8 Å². The van der Waals surface area contributed by atoms with Gasteiger partial charge in [-0.15, -0.1) is 0 Å². The molecule has 0 N–H and O–H groups in total. The number of benzene rings is 3. The fourth-order valence-corrected chi connectivity index (χ4v) is 3.93. The lowest BCUT2D eigenvalue weighted by molar-refractivity contribution is -0.137. The molecular formula is C27H26N2O3. The Hall–Kier alpha value is -3.86. The van der Waals surface area contributed by atoms with Gasteiger partial charge in [-0.2, -0.15) is 0 Å². The van der Waals surface area contributed by atoms with Crippen LogP contribution in [-0.2, 0) is 16.1 Å². The molecular weight excluding hydrogens is 400 g/mol. The zero-order valence-electron chi connectivity index (χ0n) is 18.5. The number of imide groups is 1. The standard InChI is InChI=1S/C27H26N2O3/c1-4-28(22-8-6-5-7-9-22)25-24(21-14-10-19(2)11-15-21)26(30)29(27(25)31)18-20-12-16-23(32-3)17-13-20/h5-17H,4,18H2,1-3H3. The van der Waals surface area contributed by atoms with Crippen LogP contribution in [0.4, 0.5) is 5.69 Å². The van der Waals surface area contributed by atoms with Gasteiger partial charge in [0.15, 0.2) is 0 Å². The number of para-hydroxylation sites is 1. The van der Waals surface area contributed by atoms with Crippen molar-refractivity contribution in [2.75, 3.05) is 18.6 Å². The molecule has 0 unspecified atom stereocenters. The molecule has 2 amide bonds. The maximum atomic E-state index is 13.6. The lowest BCUT2D eigenvalue weighted by atomic mass is 10.0. The van der Waals surface area contributed by atoms with E-state index in [1.54, 1.807) is 7.11 Å². The molecule has 0 radical (unpaired) electrons. The highest BCUT2D eigenvalue weighted by Crippen LogP contribution is 2.35. The van der Waals surface area contributed by atoms with Crippen LogP contribution in [0, 0.1) is 6.92 Å². The smallest absolute Gasteiger partial charge is 0.278 e. The minimum absolute atomic E-state index is 0.201. The average Bonchev–Trinajstić information content (AvgIpc) is 3.06. The van der Waals surface area contributed by atoms with Crippen LogP contribution >= 0.6 is 0 Å². The minimum Gasteiger partial charge on any atom is -0.497 e. The highest BCUT2D eigenvalue weighted by Gasteiger charge is 2.41. The molecule has 0 spiro atoms. The molecule has 5 heteroatoms. The number of methoxy groups -OCH3 is 1. The molecule has 0 saturated heterocycles. The molecule has 1 aliphatic rings. The molecule has 162 valence electrons. The average molecular weight is 427 g/mol. The second kappa shape index (κ2) is 9.10. The summed E-state index contributed by atoms with van der Waals surface area (Å²) >= 11 is 0. The van der Waals surface area contributed by atoms with Crippen LogP contribution in [0.1, 0.15) is 23.6 Å². The van der Waals surface area contributed by atoms with Crippen molar-refractivity contribution in [3.63, 3.8) is 0 Å². The molecule has 4 rings (SSSR count). The first kappa shape index (κ1) is 21.4. The Labute approximate surface area is 188 Å². The summed E-state index contributed by atoms with van der Waals surface area (Å²) < 4.78 is 5.22. The number of carbonyl (C=O) groups excluding carboxylic acids is 2. The third-order valence-electron chi connectivity index (χ3n) is 5.64. The molecule has 1 aliphatic heterocycles. The van der Waals surface area contributed by atoms with Crippen molar-refractivity contribution in [2.45, 2.75) is 20.4 Å². The first-order chi connectivity index (χ1) is 15.5. The number of carbonyl (C=O) groups is 2. The van der Waals surface area contributed by atoms with Crippen LogP contribution in [-0.4, -0.2) is 30.4 Å². The summed E-state index contributed by atoms with van der Waals surface area (Å²) in [4.78, 5) is 30.5. The molecule has 0 atom stereocenters. The molecule has 0 bridgehead atoms. The van der Waals surface area contributed by atoms with Crippen molar-refractivity contribution in [2.24, 2.45) is 0 Å². The van der Waals surface area contributed by atoms with Crippen molar-refractivity contribution >= 4 is 23.1 Å². The Balaban J connectivity index is 1.78. The Kier molecular flexibility index (Phi) is 6.08. The molecule has 5 nitrogen and oxygen atoms in total. The molecule has 32 heavy (non-hydrogen) atoms. The van der Waals surface area contributed by atoms with Crippen molar-refractivity contribution < 1.29 is 14.3 Å². The molecule has 0 aromatic heterocycles. The normalized spacial score (nSPS) is 13.7. The van der Waals surface area contributed by atoms with E-state index in [-0.39, 0.29) is 18.4 Å². The van der Waals surface area contributed by atoms with Gasteiger partial charge in [0.05, 0.1) is 19.2 Å². The van der Waals surface area contributed by atoms with Crippen LogP contribution in [0.5, 0.6) is 5.75 Å². The second-order valence-corrected chi connectivity index (χ2v) is 7.71. The molecule has 0 fully saturated rings. The van der Waals surface area contributed by atoms with Crippen molar-refractivity contribution in [3.8, 4) is 5.75 Å². The monoisotopic (exact) mass is 426 g/mol. The third kappa shape index (κ3) is 4.02. The van der Waals surface area contributed by atoms with E-state index in [9.17, 15) is 9.59 Å². The van der Waals surface area contributed by atoms with E-state index >= 15 is 0 Å². The van der Waals surface area contributed by atoms with Crippen LogP contribution < -0.4 is 9.64 Å². The predicted octanol–water partition coefficient (Wildman–Crippen LogP) is 4.81. The number of anilines is 1. The van der Waals surface area contributed by atoms with Gasteiger partial charge in [0, 0.05) is 12.2 Å². The molecule has 3 aromatic rings. The van der Waals surface area contributed by atoms with Gasteiger partial charge < -0.3 is 9.64 Å².